The molecule has 1 saturated heterocycles. The van der Waals surface area contributed by atoms with Crippen LogP contribution in [0.2, 0.25) is 0 Å². The Kier molecular flexibility index (Phi) is 2.92. The first-order valence-corrected chi connectivity index (χ1v) is 11.8. The summed E-state index contributed by atoms with van der Waals surface area (Å²) in [5, 5.41) is 30.0. The van der Waals surface area contributed by atoms with Crippen molar-refractivity contribution in [2.75, 3.05) is 6.61 Å². The average Bonchev–Trinajstić information content (AvgIpc) is 3.57. The Morgan fingerprint density at radius 2 is 2.04 bits per heavy atom. The summed E-state index contributed by atoms with van der Waals surface area (Å²) in [6, 6.07) is 0. The predicted octanol–water partition coefficient (Wildman–Crippen LogP) is 2.53. The lowest BCUT2D eigenvalue weighted by Gasteiger charge is -2.62. The molecule has 7 aliphatic rings. The van der Waals surface area contributed by atoms with Gasteiger partial charge in [0, 0.05) is 24.2 Å². The van der Waals surface area contributed by atoms with Gasteiger partial charge < -0.3 is 20.1 Å². The number of allylic oxidation sites excluding steroid dienone is 1. The van der Waals surface area contributed by atoms with Gasteiger partial charge in [-0.1, -0.05) is 12.5 Å². The Labute approximate surface area is 167 Å². The number of aliphatic hydroxyl groups excluding tert-OH is 1. The van der Waals surface area contributed by atoms with Gasteiger partial charge in [0.1, 0.15) is 17.8 Å². The molecule has 0 radical (unpaired) electrons. The topological polar surface area (TPSA) is 75.9 Å². The van der Waals surface area contributed by atoms with E-state index in [0.717, 1.165) is 37.5 Å². The van der Waals surface area contributed by atoms with Crippen LogP contribution in [0.1, 0.15) is 65.2 Å². The molecule has 11 atom stereocenters. The first-order chi connectivity index (χ1) is 13.3. The Morgan fingerprint density at radius 3 is 2.82 bits per heavy atom. The van der Waals surface area contributed by atoms with Crippen molar-refractivity contribution in [3.05, 3.63) is 11.1 Å². The van der Waals surface area contributed by atoms with Gasteiger partial charge in [-0.15, -0.1) is 0 Å². The fourth-order valence-corrected chi connectivity index (χ4v) is 10.0. The van der Waals surface area contributed by atoms with Gasteiger partial charge in [-0.25, -0.2) is 0 Å². The van der Waals surface area contributed by atoms with E-state index in [2.05, 4.69) is 13.8 Å². The number of epoxide rings is 1. The molecule has 154 valence electrons. The summed E-state index contributed by atoms with van der Waals surface area (Å²) in [5.41, 5.74) is 2.12. The quantitative estimate of drug-likeness (QED) is 0.444. The molecule has 0 aromatic rings. The third-order valence-electron chi connectivity index (χ3n) is 11.1. The van der Waals surface area contributed by atoms with Crippen LogP contribution in [0, 0.1) is 40.9 Å². The molecule has 1 aliphatic heterocycles. The highest BCUT2D eigenvalue weighted by molar-refractivity contribution is 5.54. The zero-order chi connectivity index (χ0) is 19.3. The van der Waals surface area contributed by atoms with Crippen LogP contribution in [0.3, 0.4) is 0 Å². The summed E-state index contributed by atoms with van der Waals surface area (Å²) in [5.74, 6) is 3.96. The molecule has 4 heteroatoms. The Bertz CT molecular complexity index is 806. The molecular formula is C24H35O4+. The fourth-order valence-electron chi connectivity index (χ4n) is 10.0. The highest BCUT2D eigenvalue weighted by atomic mass is 16.6. The van der Waals surface area contributed by atoms with Gasteiger partial charge in [-0.05, 0) is 80.6 Å². The molecule has 1 spiro atoms. The average molecular weight is 388 g/mol. The molecule has 4 N–H and O–H groups in total. The summed E-state index contributed by atoms with van der Waals surface area (Å²) in [6.07, 6.45) is 7.74. The lowest BCUT2D eigenvalue weighted by Crippen LogP contribution is -2.63. The van der Waals surface area contributed by atoms with Crippen molar-refractivity contribution in [2.45, 2.75) is 88.1 Å². The lowest BCUT2D eigenvalue weighted by atomic mass is 9.44. The normalized spacial score (nSPS) is 64.8. The number of aliphatic hydroxyl groups is 2. The lowest BCUT2D eigenvalue weighted by molar-refractivity contribution is -0.185. The second-order valence-corrected chi connectivity index (χ2v) is 11.7. The van der Waals surface area contributed by atoms with Crippen LogP contribution < -0.4 is 0 Å². The van der Waals surface area contributed by atoms with E-state index in [0.29, 0.717) is 36.7 Å². The molecule has 0 bridgehead atoms. The predicted molar refractivity (Wildman–Crippen MR) is 105 cm³/mol. The zero-order valence-electron chi connectivity index (χ0n) is 17.2. The maximum absolute atomic E-state index is 11.9. The molecule has 6 fully saturated rings. The highest BCUT2D eigenvalue weighted by Crippen LogP contribution is 2.86. The van der Waals surface area contributed by atoms with Crippen molar-refractivity contribution in [1.82, 2.24) is 0 Å². The van der Waals surface area contributed by atoms with Crippen LogP contribution in [0.4, 0.5) is 0 Å². The van der Waals surface area contributed by atoms with Crippen LogP contribution in [-0.4, -0.2) is 44.8 Å². The van der Waals surface area contributed by atoms with Crippen molar-refractivity contribution in [1.29, 1.82) is 0 Å². The fraction of sp³-hybridized carbons (Fsp3) is 0.917. The maximum Gasteiger partial charge on any atom is 0.143 e. The molecule has 0 aromatic carbocycles. The Morgan fingerprint density at radius 1 is 1.21 bits per heavy atom. The summed E-state index contributed by atoms with van der Waals surface area (Å²) < 4.78 is 6.75. The summed E-state index contributed by atoms with van der Waals surface area (Å²) in [4.78, 5) is 0. The molecule has 0 amide bonds. The number of rotatable bonds is 3. The number of hydrogen-bond acceptors (Lipinski definition) is 3. The van der Waals surface area contributed by atoms with Gasteiger partial charge in [0.2, 0.25) is 0 Å². The minimum atomic E-state index is -0.778. The van der Waals surface area contributed by atoms with E-state index < -0.39 is 5.60 Å². The molecule has 4 nitrogen and oxygen atoms in total. The second-order valence-electron chi connectivity index (χ2n) is 11.7. The van der Waals surface area contributed by atoms with E-state index in [-0.39, 0.29) is 22.7 Å². The second kappa shape index (κ2) is 4.74. The van der Waals surface area contributed by atoms with Gasteiger partial charge in [0.25, 0.3) is 0 Å². The smallest absolute Gasteiger partial charge is 0.143 e. The van der Waals surface area contributed by atoms with Crippen molar-refractivity contribution in [3.8, 4) is 0 Å². The molecular weight excluding hydrogens is 352 g/mol. The monoisotopic (exact) mass is 387 g/mol. The maximum atomic E-state index is 11.9. The van der Waals surface area contributed by atoms with Crippen molar-refractivity contribution < 1.29 is 20.1 Å². The van der Waals surface area contributed by atoms with Gasteiger partial charge in [-0.2, -0.15) is 0 Å². The SMILES string of the molecule is CC1=C2[C@H]1C1C(CC[C@]34O[C@@]3(CCC[OH2+])[C@H]3C[C@H]3C14)[C@@]1(C)CC[C@H](O)C[C@@]21O. The molecule has 28 heavy (non-hydrogen) atoms. The van der Waals surface area contributed by atoms with Gasteiger partial charge >= 0.3 is 0 Å². The van der Waals surface area contributed by atoms with Crippen molar-refractivity contribution >= 4 is 0 Å². The largest absolute Gasteiger partial charge is 0.445 e. The van der Waals surface area contributed by atoms with Crippen molar-refractivity contribution in [2.24, 2.45) is 40.9 Å². The third kappa shape index (κ3) is 1.56. The summed E-state index contributed by atoms with van der Waals surface area (Å²) >= 11 is 0. The van der Waals surface area contributed by atoms with E-state index >= 15 is 0 Å². The van der Waals surface area contributed by atoms with E-state index in [9.17, 15) is 10.2 Å². The number of ether oxygens (including phenoxy) is 1. The first-order valence-electron chi connectivity index (χ1n) is 11.8. The minimum Gasteiger partial charge on any atom is -0.445 e. The van der Waals surface area contributed by atoms with Gasteiger partial charge in [-0.3, -0.25) is 0 Å². The summed E-state index contributed by atoms with van der Waals surface area (Å²) in [6.45, 7) is 5.13. The zero-order valence-corrected chi connectivity index (χ0v) is 17.2. The molecule has 5 saturated carbocycles. The van der Waals surface area contributed by atoms with Crippen LogP contribution in [0.5, 0.6) is 0 Å². The molecule has 1 heterocycles. The molecule has 3 unspecified atom stereocenters. The molecule has 0 aromatic heterocycles. The standard InChI is InChI=1S/C24H34O4/c1-12-17-18-15(21(2)7-4-13(26)11-22(21,27)19(12)17)5-8-24-20(18)14-10-16(14)23(24,28-24)6-3-9-25/h13-18,20,25-27H,3-11H2,1-2H3/p+1/t13-,14+,15?,16-,17+,18?,20?,21+,22+,23-,24+/m0/s1. The van der Waals surface area contributed by atoms with E-state index in [1.807, 2.05) is 0 Å². The van der Waals surface area contributed by atoms with Crippen LogP contribution >= 0.6 is 0 Å². The first kappa shape index (κ1) is 17.3. The number of hydrogen-bond donors (Lipinski definition) is 2. The van der Waals surface area contributed by atoms with E-state index in [1.165, 1.54) is 30.4 Å². The highest BCUT2D eigenvalue weighted by Gasteiger charge is 2.90. The van der Waals surface area contributed by atoms with Crippen LogP contribution in [0.15, 0.2) is 11.1 Å². The Hall–Kier alpha value is -0.420. The van der Waals surface area contributed by atoms with Gasteiger partial charge in [0.05, 0.1) is 11.7 Å². The summed E-state index contributed by atoms with van der Waals surface area (Å²) in [7, 11) is 0. The van der Waals surface area contributed by atoms with Crippen LogP contribution in [-0.2, 0) is 4.74 Å². The number of fused-ring (bicyclic) bond motifs is 10. The Balaban J connectivity index is 1.30. The molecule has 7 rings (SSSR count). The molecule has 6 aliphatic carbocycles. The van der Waals surface area contributed by atoms with Gasteiger partial charge in [0.15, 0.2) is 0 Å². The third-order valence-corrected chi connectivity index (χ3v) is 11.1. The van der Waals surface area contributed by atoms with E-state index in [1.54, 1.807) is 0 Å². The minimum absolute atomic E-state index is 0.0895. The van der Waals surface area contributed by atoms with Crippen LogP contribution in [0.25, 0.3) is 0 Å². The van der Waals surface area contributed by atoms with E-state index in [4.69, 9.17) is 9.84 Å². The van der Waals surface area contributed by atoms with Crippen molar-refractivity contribution in [3.63, 3.8) is 0 Å².